The van der Waals surface area contributed by atoms with Crippen molar-refractivity contribution in [3.8, 4) is 0 Å². The van der Waals surface area contributed by atoms with Crippen LogP contribution >= 0.6 is 0 Å². The van der Waals surface area contributed by atoms with Crippen LogP contribution in [0.3, 0.4) is 0 Å². The molecule has 2 saturated heterocycles. The molecule has 4 heterocycles. The van der Waals surface area contributed by atoms with Crippen molar-refractivity contribution in [2.75, 3.05) is 19.6 Å². The van der Waals surface area contributed by atoms with Crippen molar-refractivity contribution in [1.82, 2.24) is 24.4 Å². The number of aromatic nitrogens is 3. The minimum atomic E-state index is 0.193. The van der Waals surface area contributed by atoms with E-state index in [0.29, 0.717) is 18.5 Å². The number of rotatable bonds is 3. The van der Waals surface area contributed by atoms with Crippen molar-refractivity contribution in [2.24, 2.45) is 5.92 Å². The van der Waals surface area contributed by atoms with Crippen LogP contribution in [-0.4, -0.2) is 56.0 Å². The first-order chi connectivity index (χ1) is 13.3. The minimum Gasteiger partial charge on any atom is -0.338 e. The Labute approximate surface area is 160 Å². The molecule has 0 N–H and O–H groups in total. The number of fused-ring (bicyclic) bond motifs is 2. The van der Waals surface area contributed by atoms with Crippen molar-refractivity contribution >= 4 is 11.6 Å². The average Bonchev–Trinajstić information content (AvgIpc) is 3.34. The van der Waals surface area contributed by atoms with E-state index in [1.165, 1.54) is 38.5 Å². The van der Waals surface area contributed by atoms with Crippen molar-refractivity contribution in [3.05, 3.63) is 30.2 Å². The van der Waals surface area contributed by atoms with Gasteiger partial charge in [0.2, 0.25) is 5.91 Å². The molecule has 0 bridgehead atoms. The lowest BCUT2D eigenvalue weighted by Crippen LogP contribution is -2.52. The number of amides is 1. The fourth-order valence-corrected chi connectivity index (χ4v) is 5.59. The molecule has 1 amide bonds. The van der Waals surface area contributed by atoms with E-state index < -0.39 is 0 Å². The van der Waals surface area contributed by atoms with Crippen LogP contribution in [0.4, 0.5) is 0 Å². The van der Waals surface area contributed by atoms with Crippen LogP contribution < -0.4 is 0 Å². The largest absolute Gasteiger partial charge is 0.338 e. The smallest absolute Gasteiger partial charge is 0.237 e. The molecule has 2 aliphatic heterocycles. The van der Waals surface area contributed by atoms with Crippen molar-refractivity contribution in [2.45, 2.75) is 63.5 Å². The van der Waals surface area contributed by atoms with Gasteiger partial charge in [-0.25, -0.2) is 0 Å². The van der Waals surface area contributed by atoms with Crippen LogP contribution in [0, 0.1) is 5.92 Å². The lowest BCUT2D eigenvalue weighted by molar-refractivity contribution is -0.139. The number of pyridine rings is 1. The second-order valence-corrected chi connectivity index (χ2v) is 8.46. The fourth-order valence-electron chi connectivity index (χ4n) is 5.59. The number of hydrogen-bond acceptors (Lipinski definition) is 4. The molecule has 6 nitrogen and oxygen atoms in total. The highest BCUT2D eigenvalue weighted by Crippen LogP contribution is 2.36. The van der Waals surface area contributed by atoms with E-state index in [0.717, 1.165) is 43.3 Å². The summed E-state index contributed by atoms with van der Waals surface area (Å²) in [6, 6.07) is 6.67. The molecule has 5 rings (SSSR count). The second kappa shape index (κ2) is 7.23. The summed E-state index contributed by atoms with van der Waals surface area (Å²) in [5.41, 5.74) is 0.881. The normalized spacial score (nSPS) is 29.2. The topological polar surface area (TPSA) is 53.7 Å². The van der Waals surface area contributed by atoms with E-state index in [1.807, 2.05) is 24.4 Å². The quantitative estimate of drug-likeness (QED) is 0.837. The maximum atomic E-state index is 13.2. The predicted octanol–water partition coefficient (Wildman–Crippen LogP) is 3.05. The summed E-state index contributed by atoms with van der Waals surface area (Å²) >= 11 is 0. The van der Waals surface area contributed by atoms with Gasteiger partial charge in [0.05, 0.1) is 12.6 Å². The van der Waals surface area contributed by atoms with Crippen molar-refractivity contribution < 1.29 is 4.79 Å². The average molecular weight is 367 g/mol. The Balaban J connectivity index is 1.33. The number of piperidine rings is 1. The van der Waals surface area contributed by atoms with Gasteiger partial charge >= 0.3 is 0 Å². The van der Waals surface area contributed by atoms with Gasteiger partial charge in [-0.3, -0.25) is 14.1 Å². The molecular weight excluding hydrogens is 338 g/mol. The third-order valence-electron chi connectivity index (χ3n) is 6.90. The van der Waals surface area contributed by atoms with Gasteiger partial charge in [-0.2, -0.15) is 0 Å². The standard InChI is InChI=1S/C21H29N5O/c27-20(25-14-5-8-16-7-1-2-9-17(16)25)15-24-12-6-10-18(24)21-23-22-19-11-3-4-13-26(19)21/h3-4,11,13,16-18H,1-2,5-10,12,14-15H2/t16-,17-,18-/m1/s1. The summed E-state index contributed by atoms with van der Waals surface area (Å²) in [7, 11) is 0. The van der Waals surface area contributed by atoms with Gasteiger partial charge < -0.3 is 4.90 Å². The molecular formula is C21H29N5O. The first-order valence-corrected chi connectivity index (χ1v) is 10.6. The number of likely N-dealkylation sites (tertiary alicyclic amines) is 2. The maximum absolute atomic E-state index is 13.2. The lowest BCUT2D eigenvalue weighted by atomic mass is 9.78. The first-order valence-electron chi connectivity index (χ1n) is 10.6. The van der Waals surface area contributed by atoms with Gasteiger partial charge in [0, 0.05) is 18.8 Å². The van der Waals surface area contributed by atoms with Gasteiger partial charge in [-0.05, 0) is 63.1 Å². The zero-order chi connectivity index (χ0) is 18.2. The Morgan fingerprint density at radius 2 is 1.85 bits per heavy atom. The van der Waals surface area contributed by atoms with E-state index in [2.05, 4.69) is 24.4 Å². The monoisotopic (exact) mass is 367 g/mol. The molecule has 0 unspecified atom stereocenters. The zero-order valence-electron chi connectivity index (χ0n) is 16.0. The summed E-state index contributed by atoms with van der Waals surface area (Å²) in [4.78, 5) is 17.8. The van der Waals surface area contributed by atoms with Gasteiger partial charge in [-0.1, -0.05) is 18.9 Å². The summed E-state index contributed by atoms with van der Waals surface area (Å²) in [5, 5.41) is 8.77. The summed E-state index contributed by atoms with van der Waals surface area (Å²) in [5.74, 6) is 2.05. The summed E-state index contributed by atoms with van der Waals surface area (Å²) in [6.07, 6.45) is 11.8. The lowest BCUT2D eigenvalue weighted by Gasteiger charge is -2.44. The van der Waals surface area contributed by atoms with Crippen LogP contribution in [0.25, 0.3) is 5.65 Å². The van der Waals surface area contributed by atoms with Gasteiger partial charge in [0.1, 0.15) is 0 Å². The molecule has 0 aromatic carbocycles. The van der Waals surface area contributed by atoms with E-state index in [1.54, 1.807) is 0 Å². The van der Waals surface area contributed by atoms with E-state index >= 15 is 0 Å². The Bertz CT molecular complexity index is 816. The molecule has 144 valence electrons. The molecule has 3 aliphatic rings. The summed E-state index contributed by atoms with van der Waals surface area (Å²) < 4.78 is 2.07. The van der Waals surface area contributed by atoms with Crippen LogP contribution in [0.15, 0.2) is 24.4 Å². The molecule has 1 aliphatic carbocycles. The Morgan fingerprint density at radius 3 is 2.81 bits per heavy atom. The molecule has 27 heavy (non-hydrogen) atoms. The Hall–Kier alpha value is -1.95. The highest BCUT2D eigenvalue weighted by atomic mass is 16.2. The van der Waals surface area contributed by atoms with Crippen LogP contribution in [0.2, 0.25) is 0 Å². The molecule has 2 aromatic heterocycles. The van der Waals surface area contributed by atoms with Gasteiger partial charge in [0.15, 0.2) is 11.5 Å². The summed E-state index contributed by atoms with van der Waals surface area (Å²) in [6.45, 7) is 2.45. The van der Waals surface area contributed by atoms with Crippen LogP contribution in [0.5, 0.6) is 0 Å². The van der Waals surface area contributed by atoms with Crippen LogP contribution in [-0.2, 0) is 4.79 Å². The molecule has 1 saturated carbocycles. The van der Waals surface area contributed by atoms with Crippen LogP contribution in [0.1, 0.15) is 63.2 Å². The number of carbonyl (C=O) groups is 1. The third-order valence-corrected chi connectivity index (χ3v) is 6.90. The van der Waals surface area contributed by atoms with E-state index in [9.17, 15) is 4.79 Å². The fraction of sp³-hybridized carbons (Fsp3) is 0.667. The molecule has 0 radical (unpaired) electrons. The van der Waals surface area contributed by atoms with Crippen molar-refractivity contribution in [1.29, 1.82) is 0 Å². The Kier molecular flexibility index (Phi) is 4.60. The van der Waals surface area contributed by atoms with Crippen molar-refractivity contribution in [3.63, 3.8) is 0 Å². The highest BCUT2D eigenvalue weighted by molar-refractivity contribution is 5.79. The molecule has 2 aromatic rings. The first kappa shape index (κ1) is 17.2. The number of hydrogen-bond donors (Lipinski definition) is 0. The molecule has 0 spiro atoms. The van der Waals surface area contributed by atoms with E-state index in [-0.39, 0.29) is 6.04 Å². The Morgan fingerprint density at radius 1 is 1.00 bits per heavy atom. The van der Waals surface area contributed by atoms with Gasteiger partial charge in [0.25, 0.3) is 0 Å². The highest BCUT2D eigenvalue weighted by Gasteiger charge is 2.38. The molecule has 3 atom stereocenters. The SMILES string of the molecule is O=C(CN1CCC[C@@H]1c1nnc2ccccn12)N1CCC[C@H]2CCCC[C@H]21. The predicted molar refractivity (Wildman–Crippen MR) is 103 cm³/mol. The number of nitrogens with zero attached hydrogens (tertiary/aromatic N) is 5. The van der Waals surface area contributed by atoms with Gasteiger partial charge in [-0.15, -0.1) is 10.2 Å². The maximum Gasteiger partial charge on any atom is 0.237 e. The minimum absolute atomic E-state index is 0.193. The van der Waals surface area contributed by atoms with E-state index in [4.69, 9.17) is 0 Å². The molecule has 3 fully saturated rings. The zero-order valence-corrected chi connectivity index (χ0v) is 16.0. The third kappa shape index (κ3) is 3.14. The number of carbonyl (C=O) groups excluding carboxylic acids is 1. The second-order valence-electron chi connectivity index (χ2n) is 8.46. The molecule has 6 heteroatoms.